The Balaban J connectivity index is 1.45. The third-order valence-electron chi connectivity index (χ3n) is 4.65. The molecule has 3 rings (SSSR count). The molecule has 0 radical (unpaired) electrons. The predicted octanol–water partition coefficient (Wildman–Crippen LogP) is 2.96. The lowest BCUT2D eigenvalue weighted by atomic mass is 10.2. The molecule has 3 N–H and O–H groups in total. The summed E-state index contributed by atoms with van der Waals surface area (Å²) in [5.74, 6) is -3.72. The maximum absolute atomic E-state index is 13.6. The van der Waals surface area contributed by atoms with Gasteiger partial charge in [-0.2, -0.15) is 0 Å². The summed E-state index contributed by atoms with van der Waals surface area (Å²) in [5, 5.41) is 8.07. The number of hydrogen-bond acceptors (Lipinski definition) is 3. The molecule has 0 fully saturated rings. The van der Waals surface area contributed by atoms with Crippen LogP contribution >= 0.6 is 0 Å². The number of aliphatic imine (C=N–C) groups is 1. The Hall–Kier alpha value is -3.56. The van der Waals surface area contributed by atoms with Gasteiger partial charge < -0.3 is 20.5 Å². The van der Waals surface area contributed by atoms with Gasteiger partial charge in [-0.25, -0.2) is 18.2 Å². The number of fused-ring (bicyclic) bond motifs is 1. The van der Waals surface area contributed by atoms with E-state index in [1.54, 1.807) is 7.05 Å². The summed E-state index contributed by atoms with van der Waals surface area (Å²) in [4.78, 5) is 20.5. The van der Waals surface area contributed by atoms with Gasteiger partial charge in [0.15, 0.2) is 23.4 Å². The Kier molecular flexibility index (Phi) is 7.11. The van der Waals surface area contributed by atoms with E-state index in [1.165, 1.54) is 0 Å². The molecule has 31 heavy (non-hydrogen) atoms. The summed E-state index contributed by atoms with van der Waals surface area (Å²) >= 11 is 0. The highest BCUT2D eigenvalue weighted by atomic mass is 19.2. The van der Waals surface area contributed by atoms with Crippen LogP contribution in [-0.2, 0) is 11.3 Å². The second-order valence-corrected chi connectivity index (χ2v) is 6.78. The summed E-state index contributed by atoms with van der Waals surface area (Å²) in [6.07, 6.45) is 0.786. The van der Waals surface area contributed by atoms with Crippen LogP contribution in [0.4, 0.5) is 18.9 Å². The zero-order chi connectivity index (χ0) is 22.4. The number of nitrogens with zero attached hydrogens (tertiary/aromatic N) is 3. The molecule has 0 aliphatic rings. The highest BCUT2D eigenvalue weighted by Crippen LogP contribution is 2.19. The maximum atomic E-state index is 13.6. The average Bonchev–Trinajstić information content (AvgIpc) is 3.08. The molecule has 0 saturated carbocycles. The number of rotatable bonds is 7. The molecule has 0 unspecified atom stereocenters. The molecular formula is C21H23F3N6O. The van der Waals surface area contributed by atoms with Crippen LogP contribution in [0.3, 0.4) is 0 Å². The molecule has 164 valence electrons. The largest absolute Gasteiger partial charge is 0.356 e. The fraction of sp³-hybridized carbons (Fsp3) is 0.286. The van der Waals surface area contributed by atoms with Gasteiger partial charge >= 0.3 is 0 Å². The number of imidazole rings is 1. The van der Waals surface area contributed by atoms with Gasteiger partial charge in [0.05, 0.1) is 23.3 Å². The summed E-state index contributed by atoms with van der Waals surface area (Å²) in [6.45, 7) is 3.07. The SMILES string of the molecule is CN=C(NCCCn1c(C)nc2ccccc21)NCC(=O)Nc1ccc(F)c(F)c1F. The number of aromatic nitrogens is 2. The molecule has 1 aromatic heterocycles. The van der Waals surface area contributed by atoms with Crippen molar-refractivity contribution in [3.05, 3.63) is 59.7 Å². The number of hydrogen-bond donors (Lipinski definition) is 3. The minimum atomic E-state index is -1.64. The molecule has 7 nitrogen and oxygen atoms in total. The van der Waals surface area contributed by atoms with Crippen LogP contribution in [0.15, 0.2) is 41.4 Å². The Labute approximate surface area is 177 Å². The molecule has 1 heterocycles. The lowest BCUT2D eigenvalue weighted by Gasteiger charge is -2.13. The van der Waals surface area contributed by atoms with Crippen molar-refractivity contribution in [3.63, 3.8) is 0 Å². The van der Waals surface area contributed by atoms with Gasteiger partial charge in [-0.3, -0.25) is 9.79 Å². The van der Waals surface area contributed by atoms with E-state index in [4.69, 9.17) is 0 Å². The summed E-state index contributed by atoms with van der Waals surface area (Å²) < 4.78 is 42.0. The molecule has 0 aliphatic carbocycles. The molecule has 2 aromatic carbocycles. The molecule has 1 amide bonds. The molecule has 10 heteroatoms. The van der Waals surface area contributed by atoms with Crippen LogP contribution in [0.5, 0.6) is 0 Å². The number of para-hydroxylation sites is 2. The number of halogens is 3. The van der Waals surface area contributed by atoms with Crippen molar-refractivity contribution in [1.82, 2.24) is 20.2 Å². The normalized spacial score (nSPS) is 11.6. The maximum Gasteiger partial charge on any atom is 0.243 e. The number of benzene rings is 2. The second kappa shape index (κ2) is 9.96. The van der Waals surface area contributed by atoms with E-state index in [1.807, 2.05) is 31.2 Å². The second-order valence-electron chi connectivity index (χ2n) is 6.78. The van der Waals surface area contributed by atoms with Gasteiger partial charge in [0.2, 0.25) is 5.91 Å². The van der Waals surface area contributed by atoms with Crippen molar-refractivity contribution in [2.75, 3.05) is 25.5 Å². The van der Waals surface area contributed by atoms with Crippen LogP contribution in [0.25, 0.3) is 11.0 Å². The van der Waals surface area contributed by atoms with Gasteiger partial charge in [-0.05, 0) is 37.6 Å². The van der Waals surface area contributed by atoms with E-state index in [9.17, 15) is 18.0 Å². The van der Waals surface area contributed by atoms with Gasteiger partial charge in [-0.1, -0.05) is 12.1 Å². The van der Waals surface area contributed by atoms with Gasteiger partial charge in [0, 0.05) is 20.1 Å². The third-order valence-corrected chi connectivity index (χ3v) is 4.65. The molecule has 0 atom stereocenters. The summed E-state index contributed by atoms with van der Waals surface area (Å²) in [7, 11) is 1.55. The molecule has 0 aliphatic heterocycles. The first-order chi connectivity index (χ1) is 14.9. The summed E-state index contributed by atoms with van der Waals surface area (Å²) in [6, 6.07) is 9.63. The predicted molar refractivity (Wildman–Crippen MR) is 113 cm³/mol. The number of carbonyl (C=O) groups is 1. The van der Waals surface area contributed by atoms with E-state index in [2.05, 4.69) is 30.5 Å². The van der Waals surface area contributed by atoms with Crippen LogP contribution in [0, 0.1) is 24.4 Å². The quantitative estimate of drug-likeness (QED) is 0.232. The van der Waals surface area contributed by atoms with Crippen molar-refractivity contribution in [3.8, 4) is 0 Å². The molecule has 0 bridgehead atoms. The highest BCUT2D eigenvalue weighted by Gasteiger charge is 2.15. The first-order valence-corrected chi connectivity index (χ1v) is 9.70. The number of amides is 1. The number of nitrogens with one attached hydrogen (secondary N) is 3. The first kappa shape index (κ1) is 22.1. The number of aryl methyl sites for hydroxylation is 2. The van der Waals surface area contributed by atoms with Crippen molar-refractivity contribution in [2.45, 2.75) is 19.9 Å². The standard InChI is InChI=1S/C21H23F3N6O/c1-13-28-15-6-3-4-7-17(15)30(13)11-5-10-26-21(25-2)27-12-18(31)29-16-9-8-14(22)19(23)20(16)24/h3-4,6-9H,5,10-12H2,1-2H3,(H,29,31)(H2,25,26,27). The smallest absolute Gasteiger partial charge is 0.243 e. The zero-order valence-corrected chi connectivity index (χ0v) is 17.2. The number of guanidine groups is 1. The fourth-order valence-electron chi connectivity index (χ4n) is 3.12. The molecule has 0 spiro atoms. The third kappa shape index (κ3) is 5.33. The first-order valence-electron chi connectivity index (χ1n) is 9.70. The van der Waals surface area contributed by atoms with Crippen molar-refractivity contribution >= 4 is 28.6 Å². The van der Waals surface area contributed by atoms with Crippen LogP contribution in [0.1, 0.15) is 12.2 Å². The lowest BCUT2D eigenvalue weighted by Crippen LogP contribution is -2.42. The van der Waals surface area contributed by atoms with E-state index in [0.29, 0.717) is 12.5 Å². The monoisotopic (exact) mass is 432 g/mol. The Morgan fingerprint density at radius 3 is 2.65 bits per heavy atom. The zero-order valence-electron chi connectivity index (χ0n) is 17.2. The van der Waals surface area contributed by atoms with Crippen molar-refractivity contribution < 1.29 is 18.0 Å². The average molecular weight is 432 g/mol. The van der Waals surface area contributed by atoms with E-state index in [-0.39, 0.29) is 6.54 Å². The van der Waals surface area contributed by atoms with Crippen LogP contribution < -0.4 is 16.0 Å². The summed E-state index contributed by atoms with van der Waals surface area (Å²) in [5.41, 5.74) is 1.59. The Morgan fingerprint density at radius 2 is 1.87 bits per heavy atom. The Morgan fingerprint density at radius 1 is 1.10 bits per heavy atom. The highest BCUT2D eigenvalue weighted by molar-refractivity contribution is 5.95. The van der Waals surface area contributed by atoms with Crippen molar-refractivity contribution in [2.24, 2.45) is 4.99 Å². The lowest BCUT2D eigenvalue weighted by molar-refractivity contribution is -0.115. The number of carbonyl (C=O) groups excluding carboxylic acids is 1. The fourth-order valence-corrected chi connectivity index (χ4v) is 3.12. The minimum absolute atomic E-state index is 0.233. The topological polar surface area (TPSA) is 83.3 Å². The molecular weight excluding hydrogens is 409 g/mol. The minimum Gasteiger partial charge on any atom is -0.356 e. The van der Waals surface area contributed by atoms with Gasteiger partial charge in [-0.15, -0.1) is 0 Å². The number of anilines is 1. The van der Waals surface area contributed by atoms with E-state index in [0.717, 1.165) is 42.0 Å². The molecule has 3 aromatic rings. The van der Waals surface area contributed by atoms with Gasteiger partial charge in [0.1, 0.15) is 5.82 Å². The molecule has 0 saturated heterocycles. The Bertz CT molecular complexity index is 1110. The van der Waals surface area contributed by atoms with Crippen molar-refractivity contribution in [1.29, 1.82) is 0 Å². The van der Waals surface area contributed by atoms with E-state index >= 15 is 0 Å². The van der Waals surface area contributed by atoms with Crippen LogP contribution in [-0.4, -0.2) is 41.6 Å². The van der Waals surface area contributed by atoms with Crippen LogP contribution in [0.2, 0.25) is 0 Å². The van der Waals surface area contributed by atoms with E-state index < -0.39 is 29.0 Å². The van der Waals surface area contributed by atoms with Gasteiger partial charge in [0.25, 0.3) is 0 Å².